The normalized spacial score (nSPS) is 16.5. The van der Waals surface area contributed by atoms with Gasteiger partial charge < -0.3 is 19.7 Å². The first-order valence-electron chi connectivity index (χ1n) is 8.10. The van der Waals surface area contributed by atoms with Gasteiger partial charge in [0.05, 0.1) is 25.8 Å². The predicted octanol–water partition coefficient (Wildman–Crippen LogP) is 3.30. The second-order valence-corrected chi connectivity index (χ2v) is 7.18. The highest BCUT2D eigenvalue weighted by molar-refractivity contribution is 14.1. The maximum Gasteiger partial charge on any atom is 0.229 e. The first kappa shape index (κ1) is 18.5. The smallest absolute Gasteiger partial charge is 0.229 e. The molecule has 0 spiro atoms. The highest BCUT2D eigenvalue weighted by atomic mass is 127. The zero-order chi connectivity index (χ0) is 18.7. The molecule has 0 bridgehead atoms. The van der Waals surface area contributed by atoms with Crippen LogP contribution in [0.2, 0.25) is 0 Å². The highest BCUT2D eigenvalue weighted by Crippen LogP contribution is 2.36. The molecule has 7 heteroatoms. The number of benzene rings is 2. The number of ether oxygens (including phenoxy) is 2. The Balaban J connectivity index is 1.74. The summed E-state index contributed by atoms with van der Waals surface area (Å²) in [6.07, 6.45) is 0.172. The average Bonchev–Trinajstić information content (AvgIpc) is 3.04. The second-order valence-electron chi connectivity index (χ2n) is 5.94. The van der Waals surface area contributed by atoms with Gasteiger partial charge in [0.15, 0.2) is 0 Å². The van der Waals surface area contributed by atoms with E-state index < -0.39 is 5.92 Å². The molecule has 1 N–H and O–H groups in total. The Morgan fingerprint density at radius 3 is 2.54 bits per heavy atom. The number of amides is 2. The summed E-state index contributed by atoms with van der Waals surface area (Å²) in [6, 6.07) is 12.8. The maximum atomic E-state index is 12.5. The Bertz CT molecular complexity index is 823. The van der Waals surface area contributed by atoms with E-state index in [2.05, 4.69) is 27.9 Å². The van der Waals surface area contributed by atoms with E-state index in [9.17, 15) is 9.59 Å². The minimum atomic E-state index is -0.409. The van der Waals surface area contributed by atoms with Gasteiger partial charge in [-0.25, -0.2) is 0 Å². The molecule has 6 nitrogen and oxygen atoms in total. The quantitative estimate of drug-likeness (QED) is 0.687. The van der Waals surface area contributed by atoms with Crippen LogP contribution in [-0.2, 0) is 9.59 Å². The maximum absolute atomic E-state index is 12.5. The van der Waals surface area contributed by atoms with Crippen LogP contribution in [0.1, 0.15) is 6.42 Å². The summed E-state index contributed by atoms with van der Waals surface area (Å²) in [6.45, 7) is 0.317. The Morgan fingerprint density at radius 2 is 1.88 bits per heavy atom. The van der Waals surface area contributed by atoms with Gasteiger partial charge in [0.1, 0.15) is 11.5 Å². The van der Waals surface area contributed by atoms with Gasteiger partial charge in [-0.2, -0.15) is 0 Å². The molecule has 1 atom stereocenters. The van der Waals surface area contributed by atoms with Crippen LogP contribution in [0.4, 0.5) is 11.4 Å². The van der Waals surface area contributed by atoms with E-state index in [1.807, 2.05) is 24.3 Å². The number of carbonyl (C=O) groups excluding carboxylic acids is 2. The molecule has 2 amide bonds. The van der Waals surface area contributed by atoms with Gasteiger partial charge in [-0.1, -0.05) is 0 Å². The summed E-state index contributed by atoms with van der Waals surface area (Å²) in [7, 11) is 3.11. The summed E-state index contributed by atoms with van der Waals surface area (Å²) in [5.74, 6) is 0.515. The second kappa shape index (κ2) is 7.94. The monoisotopic (exact) mass is 466 g/mol. The lowest BCUT2D eigenvalue weighted by Gasteiger charge is -2.20. The lowest BCUT2D eigenvalue weighted by Crippen LogP contribution is -2.28. The van der Waals surface area contributed by atoms with E-state index in [4.69, 9.17) is 9.47 Å². The van der Waals surface area contributed by atoms with Crippen molar-refractivity contribution in [1.29, 1.82) is 0 Å². The number of anilines is 2. The van der Waals surface area contributed by atoms with Gasteiger partial charge in [-0.05, 0) is 59.0 Å². The van der Waals surface area contributed by atoms with Crippen molar-refractivity contribution in [2.24, 2.45) is 5.92 Å². The van der Waals surface area contributed by atoms with Crippen LogP contribution in [-0.4, -0.2) is 32.6 Å². The van der Waals surface area contributed by atoms with Crippen LogP contribution in [0.15, 0.2) is 42.5 Å². The standard InChI is InChI=1S/C19H19IN2O4/c1-25-15-7-8-16(17(10-15)26-2)22-11-12(9-18(22)23)19(24)21-14-5-3-13(20)4-6-14/h3-8,10,12H,9,11H2,1-2H3,(H,21,24)/t12-/m0/s1. The molecular weight excluding hydrogens is 447 g/mol. The van der Waals surface area contributed by atoms with Crippen molar-refractivity contribution in [3.8, 4) is 11.5 Å². The molecule has 2 aromatic carbocycles. The number of methoxy groups -OCH3 is 2. The molecule has 1 aliphatic heterocycles. The third-order valence-corrected chi connectivity index (χ3v) is 5.00. The summed E-state index contributed by atoms with van der Waals surface area (Å²) < 4.78 is 11.7. The topological polar surface area (TPSA) is 67.9 Å². The van der Waals surface area contributed by atoms with E-state index in [0.29, 0.717) is 23.7 Å². The molecule has 0 aromatic heterocycles. The molecule has 0 saturated carbocycles. The average molecular weight is 466 g/mol. The van der Waals surface area contributed by atoms with Crippen LogP contribution in [0.25, 0.3) is 0 Å². The minimum Gasteiger partial charge on any atom is -0.497 e. The van der Waals surface area contributed by atoms with Crippen LogP contribution in [0.5, 0.6) is 11.5 Å². The van der Waals surface area contributed by atoms with Crippen molar-refractivity contribution < 1.29 is 19.1 Å². The van der Waals surface area contributed by atoms with E-state index in [-0.39, 0.29) is 18.2 Å². The predicted molar refractivity (Wildman–Crippen MR) is 108 cm³/mol. The number of hydrogen-bond acceptors (Lipinski definition) is 4. The molecular formula is C19H19IN2O4. The molecule has 26 heavy (non-hydrogen) atoms. The number of nitrogens with one attached hydrogen (secondary N) is 1. The third-order valence-electron chi connectivity index (χ3n) is 4.29. The van der Waals surface area contributed by atoms with Gasteiger partial charge >= 0.3 is 0 Å². The fourth-order valence-corrected chi connectivity index (χ4v) is 3.26. The number of nitrogens with zero attached hydrogens (tertiary/aromatic N) is 1. The summed E-state index contributed by atoms with van der Waals surface area (Å²) in [5, 5.41) is 2.88. The van der Waals surface area contributed by atoms with Crippen molar-refractivity contribution in [3.05, 3.63) is 46.0 Å². The lowest BCUT2D eigenvalue weighted by atomic mass is 10.1. The molecule has 136 valence electrons. The largest absolute Gasteiger partial charge is 0.497 e. The SMILES string of the molecule is COc1ccc(N2C[C@@H](C(=O)Nc3ccc(I)cc3)CC2=O)c(OC)c1. The Kier molecular flexibility index (Phi) is 5.65. The van der Waals surface area contributed by atoms with Gasteiger partial charge in [0.2, 0.25) is 11.8 Å². The molecule has 1 aliphatic rings. The fraction of sp³-hybridized carbons (Fsp3) is 0.263. The number of rotatable bonds is 5. The molecule has 0 unspecified atom stereocenters. The molecule has 1 heterocycles. The van der Waals surface area contributed by atoms with E-state index in [0.717, 1.165) is 9.26 Å². The Hall–Kier alpha value is -2.29. The Labute approximate surface area is 165 Å². The Morgan fingerprint density at radius 1 is 1.15 bits per heavy atom. The van der Waals surface area contributed by atoms with Crippen molar-refractivity contribution in [3.63, 3.8) is 0 Å². The molecule has 1 saturated heterocycles. The molecule has 0 aliphatic carbocycles. The summed E-state index contributed by atoms with van der Waals surface area (Å²) >= 11 is 2.21. The zero-order valence-electron chi connectivity index (χ0n) is 14.5. The summed E-state index contributed by atoms with van der Waals surface area (Å²) in [4.78, 5) is 26.6. The van der Waals surface area contributed by atoms with Crippen LogP contribution in [0.3, 0.4) is 0 Å². The third kappa shape index (κ3) is 3.92. The van der Waals surface area contributed by atoms with Gasteiger partial charge in [-0.15, -0.1) is 0 Å². The number of carbonyl (C=O) groups is 2. The zero-order valence-corrected chi connectivity index (χ0v) is 16.6. The van der Waals surface area contributed by atoms with Crippen LogP contribution >= 0.6 is 22.6 Å². The first-order valence-corrected chi connectivity index (χ1v) is 9.18. The number of halogens is 1. The molecule has 0 radical (unpaired) electrons. The van der Waals surface area contributed by atoms with E-state index in [1.165, 1.54) is 0 Å². The van der Waals surface area contributed by atoms with Crippen LogP contribution < -0.4 is 19.7 Å². The van der Waals surface area contributed by atoms with E-state index in [1.54, 1.807) is 37.3 Å². The number of hydrogen-bond donors (Lipinski definition) is 1. The van der Waals surface area contributed by atoms with Crippen molar-refractivity contribution >= 4 is 45.8 Å². The summed E-state index contributed by atoms with van der Waals surface area (Å²) in [5.41, 5.74) is 1.37. The molecule has 3 rings (SSSR count). The van der Waals surface area contributed by atoms with Gasteiger partial charge in [0.25, 0.3) is 0 Å². The van der Waals surface area contributed by atoms with Crippen molar-refractivity contribution in [2.75, 3.05) is 31.0 Å². The highest BCUT2D eigenvalue weighted by Gasteiger charge is 2.36. The van der Waals surface area contributed by atoms with E-state index >= 15 is 0 Å². The molecule has 2 aromatic rings. The minimum absolute atomic E-state index is 0.101. The van der Waals surface area contributed by atoms with Crippen LogP contribution in [0, 0.1) is 9.49 Å². The first-order chi connectivity index (χ1) is 12.5. The fourth-order valence-electron chi connectivity index (χ4n) is 2.90. The van der Waals surface area contributed by atoms with Gasteiger partial charge in [-0.3, -0.25) is 9.59 Å². The van der Waals surface area contributed by atoms with Gasteiger partial charge in [0, 0.05) is 28.3 Å². The lowest BCUT2D eigenvalue weighted by molar-refractivity contribution is -0.122. The van der Waals surface area contributed by atoms with Crippen molar-refractivity contribution in [2.45, 2.75) is 6.42 Å². The van der Waals surface area contributed by atoms with Crippen molar-refractivity contribution in [1.82, 2.24) is 0 Å². The molecule has 1 fully saturated rings.